The van der Waals surface area contributed by atoms with Gasteiger partial charge in [0.15, 0.2) is 0 Å². The molecule has 37 heavy (non-hydrogen) atoms. The largest absolute Gasteiger partial charge is 0.326 e. The summed E-state index contributed by atoms with van der Waals surface area (Å²) in [6.07, 6.45) is 5.28. The van der Waals surface area contributed by atoms with E-state index in [9.17, 15) is 9.59 Å². The molecule has 2 aliphatic rings. The molecule has 190 valence electrons. The highest BCUT2D eigenvalue weighted by molar-refractivity contribution is 6.07. The Morgan fingerprint density at radius 3 is 1.78 bits per heavy atom. The monoisotopic (exact) mass is 494 g/mol. The molecule has 0 aliphatic carbocycles. The molecule has 6 nitrogen and oxygen atoms in total. The van der Waals surface area contributed by atoms with Crippen molar-refractivity contribution >= 4 is 18.0 Å². The Morgan fingerprint density at radius 1 is 0.703 bits per heavy atom. The first-order valence-corrected chi connectivity index (χ1v) is 13.0. The topological polar surface area (TPSA) is 55.9 Å². The van der Waals surface area contributed by atoms with Gasteiger partial charge in [-0.3, -0.25) is 14.6 Å². The molecule has 0 saturated carbocycles. The van der Waals surface area contributed by atoms with E-state index in [4.69, 9.17) is 0 Å². The van der Waals surface area contributed by atoms with E-state index in [1.807, 2.05) is 78.9 Å². The van der Waals surface area contributed by atoms with Crippen LogP contribution in [0.5, 0.6) is 0 Å². The molecule has 0 atom stereocenters. The van der Waals surface area contributed by atoms with Crippen LogP contribution in [0.2, 0.25) is 0 Å². The molecule has 1 N–H and O–H groups in total. The molecule has 0 spiro atoms. The van der Waals surface area contributed by atoms with Gasteiger partial charge < -0.3 is 5.32 Å². The van der Waals surface area contributed by atoms with Crippen molar-refractivity contribution in [3.05, 3.63) is 114 Å². The van der Waals surface area contributed by atoms with E-state index in [0.29, 0.717) is 19.5 Å². The third-order valence-electron chi connectivity index (χ3n) is 7.22. The van der Waals surface area contributed by atoms with E-state index in [1.54, 1.807) is 0 Å². The van der Waals surface area contributed by atoms with Crippen molar-refractivity contribution in [1.82, 2.24) is 20.0 Å². The predicted octanol–water partition coefficient (Wildman–Crippen LogP) is 4.05. The number of imide groups is 1. The minimum absolute atomic E-state index is 0.140. The van der Waals surface area contributed by atoms with Crippen molar-refractivity contribution in [3.63, 3.8) is 0 Å². The van der Waals surface area contributed by atoms with Crippen LogP contribution >= 0.6 is 0 Å². The standard InChI is InChI=1S/C31H34N4O2/c36-29-31(23-27-13-6-2-7-14-27,24-28-15-8-3-9-16-28)32-30(37)35(29)25-34-21-19-33(20-22-34)18-10-17-26-11-4-1-5-12-26/h1-17H,18-25H2,(H,32,37)/b17-10+. The lowest BCUT2D eigenvalue weighted by atomic mass is 9.84. The van der Waals surface area contributed by atoms with E-state index in [0.717, 1.165) is 43.9 Å². The van der Waals surface area contributed by atoms with Crippen LogP contribution in [-0.2, 0) is 17.6 Å². The lowest BCUT2D eigenvalue weighted by Gasteiger charge is -2.35. The molecule has 0 radical (unpaired) electrons. The molecule has 0 aromatic heterocycles. The third kappa shape index (κ3) is 6.16. The van der Waals surface area contributed by atoms with Crippen LogP contribution in [0.4, 0.5) is 4.79 Å². The molecule has 2 fully saturated rings. The molecule has 3 aromatic rings. The maximum absolute atomic E-state index is 13.9. The van der Waals surface area contributed by atoms with Gasteiger partial charge in [0.25, 0.3) is 5.91 Å². The molecule has 6 heteroatoms. The number of nitrogens with zero attached hydrogens (tertiary/aromatic N) is 3. The molecule has 2 heterocycles. The average molecular weight is 495 g/mol. The Bertz CT molecular complexity index is 1160. The molecule has 3 amide bonds. The van der Waals surface area contributed by atoms with Gasteiger partial charge >= 0.3 is 6.03 Å². The van der Waals surface area contributed by atoms with Crippen LogP contribution < -0.4 is 5.32 Å². The number of benzene rings is 3. The van der Waals surface area contributed by atoms with Gasteiger partial charge in [0.2, 0.25) is 0 Å². The smallest absolute Gasteiger partial charge is 0.322 e. The molecule has 5 rings (SSSR count). The molecule has 0 unspecified atom stereocenters. The van der Waals surface area contributed by atoms with Gasteiger partial charge in [-0.25, -0.2) is 9.69 Å². The number of nitrogens with one attached hydrogen (secondary N) is 1. The van der Waals surface area contributed by atoms with Crippen molar-refractivity contribution in [2.24, 2.45) is 0 Å². The summed E-state index contributed by atoms with van der Waals surface area (Å²) in [5.41, 5.74) is 2.29. The van der Waals surface area contributed by atoms with Gasteiger partial charge in [0.1, 0.15) is 5.54 Å². The lowest BCUT2D eigenvalue weighted by molar-refractivity contribution is -0.133. The van der Waals surface area contributed by atoms with Crippen molar-refractivity contribution in [2.75, 3.05) is 39.4 Å². The number of carbonyl (C=O) groups excluding carboxylic acids is 2. The fraction of sp³-hybridized carbons (Fsp3) is 0.290. The van der Waals surface area contributed by atoms with Crippen molar-refractivity contribution in [3.8, 4) is 0 Å². The van der Waals surface area contributed by atoms with Crippen LogP contribution in [0.25, 0.3) is 6.08 Å². The Hall–Kier alpha value is -3.74. The van der Waals surface area contributed by atoms with E-state index < -0.39 is 5.54 Å². The van der Waals surface area contributed by atoms with Gasteiger partial charge in [-0.05, 0) is 16.7 Å². The fourth-order valence-electron chi connectivity index (χ4n) is 5.21. The predicted molar refractivity (Wildman–Crippen MR) is 147 cm³/mol. The summed E-state index contributed by atoms with van der Waals surface area (Å²) in [6.45, 7) is 4.66. The molecular weight excluding hydrogens is 460 g/mol. The highest BCUT2D eigenvalue weighted by Crippen LogP contribution is 2.27. The van der Waals surface area contributed by atoms with Crippen LogP contribution in [0.15, 0.2) is 97.1 Å². The first-order valence-electron chi connectivity index (χ1n) is 13.0. The third-order valence-corrected chi connectivity index (χ3v) is 7.22. The minimum Gasteiger partial charge on any atom is -0.322 e. The molecular formula is C31H34N4O2. The van der Waals surface area contributed by atoms with Crippen LogP contribution in [-0.4, -0.2) is 71.6 Å². The SMILES string of the molecule is O=C1NC(Cc2ccccc2)(Cc2ccccc2)C(=O)N1CN1CCN(C/C=C/c2ccccc2)CC1. The molecule has 2 aliphatic heterocycles. The lowest BCUT2D eigenvalue weighted by Crippen LogP contribution is -2.53. The molecule has 2 saturated heterocycles. The number of amides is 3. The average Bonchev–Trinajstić information content (AvgIpc) is 3.15. The zero-order chi connectivity index (χ0) is 25.5. The second-order valence-corrected chi connectivity index (χ2v) is 9.94. The summed E-state index contributed by atoms with van der Waals surface area (Å²) < 4.78 is 0. The van der Waals surface area contributed by atoms with E-state index in [1.165, 1.54) is 10.5 Å². The summed E-state index contributed by atoms with van der Waals surface area (Å²) in [6, 6.07) is 29.9. The summed E-state index contributed by atoms with van der Waals surface area (Å²) in [4.78, 5) is 33.0. The maximum Gasteiger partial charge on any atom is 0.326 e. The number of hydrogen-bond acceptors (Lipinski definition) is 4. The van der Waals surface area contributed by atoms with Gasteiger partial charge in [0, 0.05) is 45.6 Å². The summed E-state index contributed by atoms with van der Waals surface area (Å²) in [5, 5.41) is 3.10. The Kier molecular flexibility index (Phi) is 7.78. The van der Waals surface area contributed by atoms with E-state index in [2.05, 4.69) is 39.4 Å². The first-order chi connectivity index (χ1) is 18.1. The fourth-order valence-corrected chi connectivity index (χ4v) is 5.21. The van der Waals surface area contributed by atoms with Gasteiger partial charge in [0.05, 0.1) is 6.67 Å². The van der Waals surface area contributed by atoms with Gasteiger partial charge in [-0.15, -0.1) is 0 Å². The first kappa shape index (κ1) is 24.9. The van der Waals surface area contributed by atoms with Gasteiger partial charge in [-0.1, -0.05) is 103 Å². The number of carbonyl (C=O) groups is 2. The number of urea groups is 1. The van der Waals surface area contributed by atoms with Gasteiger partial charge in [-0.2, -0.15) is 0 Å². The number of hydrogen-bond donors (Lipinski definition) is 1. The minimum atomic E-state index is -0.982. The van der Waals surface area contributed by atoms with Crippen LogP contribution in [0, 0.1) is 0 Å². The summed E-state index contributed by atoms with van der Waals surface area (Å²) >= 11 is 0. The van der Waals surface area contributed by atoms with E-state index >= 15 is 0 Å². The number of rotatable bonds is 9. The van der Waals surface area contributed by atoms with E-state index in [-0.39, 0.29) is 11.9 Å². The van der Waals surface area contributed by atoms with Crippen molar-refractivity contribution in [1.29, 1.82) is 0 Å². The molecule has 3 aromatic carbocycles. The Balaban J connectivity index is 1.22. The van der Waals surface area contributed by atoms with Crippen LogP contribution in [0.3, 0.4) is 0 Å². The highest BCUT2D eigenvalue weighted by atomic mass is 16.2. The second-order valence-electron chi connectivity index (χ2n) is 9.94. The Morgan fingerprint density at radius 2 is 1.22 bits per heavy atom. The zero-order valence-electron chi connectivity index (χ0n) is 21.1. The van der Waals surface area contributed by atoms with Crippen LogP contribution in [0.1, 0.15) is 16.7 Å². The molecule has 0 bridgehead atoms. The number of piperazine rings is 1. The normalized spacial score (nSPS) is 18.4. The quantitative estimate of drug-likeness (QED) is 0.456. The Labute approximate surface area is 219 Å². The maximum atomic E-state index is 13.9. The zero-order valence-corrected chi connectivity index (χ0v) is 21.1. The highest BCUT2D eigenvalue weighted by Gasteiger charge is 2.51. The summed E-state index contributed by atoms with van der Waals surface area (Å²) in [7, 11) is 0. The summed E-state index contributed by atoms with van der Waals surface area (Å²) in [5.74, 6) is -0.140. The van der Waals surface area contributed by atoms with Crippen molar-refractivity contribution < 1.29 is 9.59 Å². The van der Waals surface area contributed by atoms with Crippen molar-refractivity contribution in [2.45, 2.75) is 18.4 Å². The second kappa shape index (κ2) is 11.5.